The molecule has 0 saturated carbocycles. The normalized spacial score (nSPS) is 20.6. The zero-order valence-corrected chi connectivity index (χ0v) is 37.5. The minimum Gasteiger partial charge on any atom is -0.455 e. The molecule has 0 amide bonds. The summed E-state index contributed by atoms with van der Waals surface area (Å²) >= 11 is 0. The zero-order chi connectivity index (χ0) is 44.2. The van der Waals surface area contributed by atoms with Crippen molar-refractivity contribution in [1.82, 2.24) is 4.57 Å². The highest BCUT2D eigenvalue weighted by Gasteiger charge is 2.38. The first-order valence-electron chi connectivity index (χ1n) is 24.1. The predicted octanol–water partition coefficient (Wildman–Crippen LogP) is 16.5. The number of aromatic nitrogens is 1. The van der Waals surface area contributed by atoms with E-state index in [0.29, 0.717) is 0 Å². The van der Waals surface area contributed by atoms with E-state index in [9.17, 15) is 0 Å². The molecule has 2 aromatic heterocycles. The first-order chi connectivity index (χ1) is 33.1. The van der Waals surface area contributed by atoms with Gasteiger partial charge in [-0.15, -0.1) is 0 Å². The highest BCUT2D eigenvalue weighted by atomic mass is 16.3. The van der Waals surface area contributed by atoms with Gasteiger partial charge >= 0.3 is 0 Å². The summed E-state index contributed by atoms with van der Waals surface area (Å²) in [5, 5.41) is 7.46. The molecule has 0 spiro atoms. The molecule has 2 unspecified atom stereocenters. The third kappa shape index (κ3) is 6.07. The smallest absolute Gasteiger partial charge is 0.143 e. The number of hydrogen-bond donors (Lipinski definition) is 0. The van der Waals surface area contributed by atoms with E-state index in [2.05, 4.69) is 212 Å². The Labute approximate surface area is 390 Å². The van der Waals surface area contributed by atoms with E-state index >= 15 is 0 Å². The number of fused-ring (bicyclic) bond motifs is 15. The maximum absolute atomic E-state index is 7.18. The maximum atomic E-state index is 7.18. The summed E-state index contributed by atoms with van der Waals surface area (Å²) in [6.45, 7) is 2.38. The van der Waals surface area contributed by atoms with Gasteiger partial charge in [-0.2, -0.15) is 0 Å². The van der Waals surface area contributed by atoms with Crippen molar-refractivity contribution in [3.63, 3.8) is 0 Å². The number of nitrogens with zero attached hydrogens (tertiary/aromatic N) is 2. The van der Waals surface area contributed by atoms with Gasteiger partial charge in [0.05, 0.1) is 17.1 Å². The fraction of sp³-hybridized carbons (Fsp3) is 0.141. The molecule has 14 rings (SSSR count). The van der Waals surface area contributed by atoms with Gasteiger partial charge in [0.25, 0.3) is 0 Å². The third-order valence-corrected chi connectivity index (χ3v) is 15.5. The molecule has 320 valence electrons. The Morgan fingerprint density at radius 3 is 2.04 bits per heavy atom. The van der Waals surface area contributed by atoms with Crippen LogP contribution in [0.5, 0.6) is 0 Å². The fourth-order valence-corrected chi connectivity index (χ4v) is 12.3. The molecule has 3 nitrogen and oxygen atoms in total. The molecule has 0 saturated heterocycles. The highest BCUT2D eigenvalue weighted by molar-refractivity contribution is 6.15. The molecule has 3 heterocycles. The lowest BCUT2D eigenvalue weighted by Crippen LogP contribution is -2.27. The molecule has 2 bridgehead atoms. The van der Waals surface area contributed by atoms with Crippen molar-refractivity contribution in [3.8, 4) is 22.3 Å². The van der Waals surface area contributed by atoms with Crippen LogP contribution in [0, 0.1) is 11.8 Å². The summed E-state index contributed by atoms with van der Waals surface area (Å²) in [7, 11) is 0. The largest absolute Gasteiger partial charge is 0.455 e. The SMILES string of the molecule is C[C@H]1C/C=C2\c3c(ccc4c3oc3ccccc34)[C@@H]3CCc4cc5ccccc5cc4-c4ccc(cc43)CC2C(c2ccc(-c3ccccc3)cc2)/N=C\1n1c2ccccc2c2ccccc21. The number of allylic oxidation sites excluding steroid dienone is 1. The van der Waals surface area contributed by atoms with Crippen LogP contribution in [0.1, 0.15) is 65.1 Å². The summed E-state index contributed by atoms with van der Waals surface area (Å²) in [6.07, 6.45) is 6.29. The number of para-hydroxylation sites is 3. The number of benzene rings is 9. The maximum Gasteiger partial charge on any atom is 0.143 e. The first kappa shape index (κ1) is 38.5. The van der Waals surface area contributed by atoms with Gasteiger partial charge in [0.2, 0.25) is 0 Å². The molecule has 9 aromatic carbocycles. The van der Waals surface area contributed by atoms with Crippen molar-refractivity contribution in [3.05, 3.63) is 234 Å². The van der Waals surface area contributed by atoms with Gasteiger partial charge in [0.1, 0.15) is 17.0 Å². The molecular formula is C64H48N2O. The molecule has 0 N–H and O–H groups in total. The molecule has 1 aliphatic heterocycles. The van der Waals surface area contributed by atoms with Gasteiger partial charge in [-0.25, -0.2) is 0 Å². The Bertz CT molecular complexity index is 3790. The van der Waals surface area contributed by atoms with E-state index in [1.165, 1.54) is 99.2 Å². The lowest BCUT2D eigenvalue weighted by Gasteiger charge is -2.33. The van der Waals surface area contributed by atoms with Crippen molar-refractivity contribution >= 4 is 65.9 Å². The quantitative estimate of drug-likeness (QED) is 0.170. The average Bonchev–Trinajstić information content (AvgIpc) is 3.88. The van der Waals surface area contributed by atoms with Crippen LogP contribution >= 0.6 is 0 Å². The Kier molecular flexibility index (Phi) is 8.71. The molecule has 2 aliphatic carbocycles. The van der Waals surface area contributed by atoms with Crippen molar-refractivity contribution in [2.24, 2.45) is 16.8 Å². The Balaban J connectivity index is 1.05. The third-order valence-electron chi connectivity index (χ3n) is 15.5. The van der Waals surface area contributed by atoms with Crippen molar-refractivity contribution in [1.29, 1.82) is 0 Å². The van der Waals surface area contributed by atoms with Crippen molar-refractivity contribution in [2.75, 3.05) is 0 Å². The topological polar surface area (TPSA) is 30.4 Å². The average molecular weight is 861 g/mol. The Morgan fingerprint density at radius 1 is 0.567 bits per heavy atom. The Morgan fingerprint density at radius 2 is 1.25 bits per heavy atom. The highest BCUT2D eigenvalue weighted by Crippen LogP contribution is 2.52. The Hall–Kier alpha value is -7.75. The zero-order valence-electron chi connectivity index (χ0n) is 37.5. The van der Waals surface area contributed by atoms with E-state index in [0.717, 1.165) is 48.1 Å². The number of aliphatic imine (C=N–C) groups is 1. The van der Waals surface area contributed by atoms with Gasteiger partial charge in [0.15, 0.2) is 0 Å². The molecule has 0 radical (unpaired) electrons. The molecule has 67 heavy (non-hydrogen) atoms. The molecule has 11 aromatic rings. The van der Waals surface area contributed by atoms with Crippen LogP contribution in [0.4, 0.5) is 0 Å². The minimum absolute atomic E-state index is 0.00708. The summed E-state index contributed by atoms with van der Waals surface area (Å²) < 4.78 is 9.67. The van der Waals surface area contributed by atoms with Gasteiger partial charge in [0, 0.05) is 44.9 Å². The van der Waals surface area contributed by atoms with Crippen LogP contribution in [0.2, 0.25) is 0 Å². The number of aryl methyl sites for hydroxylation is 1. The van der Waals surface area contributed by atoms with Gasteiger partial charge < -0.3 is 4.42 Å². The summed E-state index contributed by atoms with van der Waals surface area (Å²) in [5.41, 5.74) is 18.9. The van der Waals surface area contributed by atoms with Crippen LogP contribution in [0.3, 0.4) is 0 Å². The second-order valence-electron chi connectivity index (χ2n) is 19.3. The summed E-state index contributed by atoms with van der Waals surface area (Å²) in [4.78, 5) is 6.21. The van der Waals surface area contributed by atoms with Crippen molar-refractivity contribution < 1.29 is 4.42 Å². The fourth-order valence-electron chi connectivity index (χ4n) is 12.3. The number of hydrogen-bond acceptors (Lipinski definition) is 2. The number of rotatable bonds is 2. The second kappa shape index (κ2) is 15.2. The van der Waals surface area contributed by atoms with E-state index in [1.807, 2.05) is 0 Å². The number of furan rings is 1. The monoisotopic (exact) mass is 860 g/mol. The van der Waals surface area contributed by atoms with E-state index in [1.54, 1.807) is 0 Å². The minimum atomic E-state index is -0.207. The van der Waals surface area contributed by atoms with Crippen LogP contribution in [0.15, 0.2) is 210 Å². The summed E-state index contributed by atoms with van der Waals surface area (Å²) in [5.74, 6) is 1.38. The standard InChI is InChI=1S/C64H48N2O/c1-39-23-30-53-57(62(43-27-25-42(26-28-43)41-13-3-2-4-14-41)65-64(39)66-58-20-10-7-17-49(58)50-18-8-11-21-59(50)66)36-40-24-31-48-55-38-45-16-6-5-15-44(45)37-46(55)29-32-47(56(48)35-40)52-33-34-54-51-19-9-12-22-60(51)67-63(54)61(52)53/h2-22,24-28,30-31,33-35,37-39,47,57,62H,23,29,32,36H2,1H3/b53-30-,65-64+/t39-,47-,57?,62?/m0/s1. The molecule has 0 fully saturated rings. The van der Waals surface area contributed by atoms with Gasteiger partial charge in [-0.1, -0.05) is 183 Å². The van der Waals surface area contributed by atoms with Crippen LogP contribution < -0.4 is 0 Å². The molecular weight excluding hydrogens is 813 g/mol. The van der Waals surface area contributed by atoms with Crippen LogP contribution in [-0.2, 0) is 12.8 Å². The molecule has 4 atom stereocenters. The van der Waals surface area contributed by atoms with Crippen molar-refractivity contribution in [2.45, 2.75) is 44.6 Å². The van der Waals surface area contributed by atoms with E-state index < -0.39 is 0 Å². The van der Waals surface area contributed by atoms with Gasteiger partial charge in [-0.3, -0.25) is 9.56 Å². The van der Waals surface area contributed by atoms with Crippen LogP contribution in [0.25, 0.3) is 82.3 Å². The van der Waals surface area contributed by atoms with E-state index in [4.69, 9.17) is 9.41 Å². The second-order valence-corrected chi connectivity index (χ2v) is 19.3. The first-order valence-corrected chi connectivity index (χ1v) is 24.1. The molecule has 3 heteroatoms. The predicted molar refractivity (Wildman–Crippen MR) is 279 cm³/mol. The van der Waals surface area contributed by atoms with Gasteiger partial charge in [-0.05, 0) is 116 Å². The lowest BCUT2D eigenvalue weighted by molar-refractivity contribution is 0.521. The van der Waals surface area contributed by atoms with Crippen LogP contribution in [-0.4, -0.2) is 10.4 Å². The molecule has 3 aliphatic rings. The van der Waals surface area contributed by atoms with E-state index in [-0.39, 0.29) is 23.8 Å². The lowest BCUT2D eigenvalue weighted by atomic mass is 9.75. The summed E-state index contributed by atoms with van der Waals surface area (Å²) in [6, 6.07) is 72.2.